The number of imidazole rings is 1. The number of anilines is 1. The molecule has 3 aromatic rings. The highest BCUT2D eigenvalue weighted by molar-refractivity contribution is 7.99. The summed E-state index contributed by atoms with van der Waals surface area (Å²) in [5, 5.41) is 1.13. The number of fused-ring (bicyclic) bond motifs is 2. The second-order valence-corrected chi connectivity index (χ2v) is 9.73. The van der Waals surface area contributed by atoms with Gasteiger partial charge in [0.25, 0.3) is 0 Å². The second kappa shape index (κ2) is 7.98. The van der Waals surface area contributed by atoms with E-state index in [0.717, 1.165) is 4.90 Å². The molecule has 2 aliphatic heterocycles. The van der Waals surface area contributed by atoms with Crippen LogP contribution in [0.2, 0.25) is 5.02 Å². The normalized spacial score (nSPS) is 30.5. The van der Waals surface area contributed by atoms with Gasteiger partial charge in [0.1, 0.15) is 24.6 Å². The maximum Gasteiger partial charge on any atom is 0.472 e. The van der Waals surface area contributed by atoms with E-state index in [1.807, 2.05) is 12.1 Å². The van der Waals surface area contributed by atoms with E-state index >= 15 is 0 Å². The molecule has 3 N–H and O–H groups in total. The lowest BCUT2D eigenvalue weighted by Crippen LogP contribution is -2.40. The topological polar surface area (TPSA) is 144 Å². The fourth-order valence-corrected chi connectivity index (χ4v) is 5.59. The van der Waals surface area contributed by atoms with Crippen LogP contribution in [0.3, 0.4) is 0 Å². The predicted molar refractivity (Wildman–Crippen MR) is 111 cm³/mol. The maximum atomic E-state index is 12.0. The standard InChI is InChI=1S/C17H17ClN5O6PS/c1-26-13-12-10(6-27-30(24,25)29-12)28-16(13)23-15-11(14(19)20-7-21-15)22-17(23)31-9-4-2-8(18)3-5-9/h2-5,7,10,12-13,16H,6H2,1H3,(H,24,25)(H2,19,20,21)/t10-,12+,13+,16-/m0/s1. The van der Waals surface area contributed by atoms with E-state index in [1.165, 1.54) is 25.2 Å². The first-order valence-corrected chi connectivity index (χ1v) is 11.8. The van der Waals surface area contributed by atoms with Gasteiger partial charge in [-0.2, -0.15) is 0 Å². The molecule has 2 aromatic heterocycles. The van der Waals surface area contributed by atoms with Gasteiger partial charge in [0.15, 0.2) is 28.4 Å². The van der Waals surface area contributed by atoms with Crippen LogP contribution in [0.15, 0.2) is 40.6 Å². The zero-order chi connectivity index (χ0) is 21.8. The minimum atomic E-state index is -4.19. The van der Waals surface area contributed by atoms with E-state index in [2.05, 4.69) is 15.0 Å². The molecule has 0 amide bonds. The van der Waals surface area contributed by atoms with E-state index in [1.54, 1.807) is 16.7 Å². The van der Waals surface area contributed by atoms with Crippen molar-refractivity contribution in [1.29, 1.82) is 0 Å². The van der Waals surface area contributed by atoms with Crippen LogP contribution in [-0.4, -0.2) is 56.4 Å². The van der Waals surface area contributed by atoms with Crippen LogP contribution in [0.1, 0.15) is 6.23 Å². The summed E-state index contributed by atoms with van der Waals surface area (Å²) in [5.41, 5.74) is 6.86. The van der Waals surface area contributed by atoms with Crippen LogP contribution in [0, 0.1) is 0 Å². The van der Waals surface area contributed by atoms with E-state index < -0.39 is 32.4 Å². The van der Waals surface area contributed by atoms with Crippen molar-refractivity contribution in [3.05, 3.63) is 35.6 Å². The smallest absolute Gasteiger partial charge is 0.382 e. The Balaban J connectivity index is 1.60. The second-order valence-electron chi connectivity index (χ2n) is 6.85. The number of nitrogen functional groups attached to an aromatic ring is 1. The maximum absolute atomic E-state index is 12.0. The molecule has 31 heavy (non-hydrogen) atoms. The Bertz CT molecular complexity index is 1180. The molecule has 5 atom stereocenters. The summed E-state index contributed by atoms with van der Waals surface area (Å²) >= 11 is 7.34. The number of phosphoric acid groups is 1. The Kier molecular flexibility index (Phi) is 5.43. The van der Waals surface area contributed by atoms with Crippen molar-refractivity contribution in [2.45, 2.75) is 34.6 Å². The minimum Gasteiger partial charge on any atom is -0.382 e. The molecule has 0 radical (unpaired) electrons. The first-order chi connectivity index (χ1) is 14.9. The number of nitrogens with two attached hydrogens (primary N) is 1. The van der Waals surface area contributed by atoms with Gasteiger partial charge in [-0.1, -0.05) is 23.4 Å². The molecule has 0 saturated carbocycles. The fourth-order valence-electron chi connectivity index (χ4n) is 3.60. The van der Waals surface area contributed by atoms with Crippen molar-refractivity contribution < 1.29 is 28.0 Å². The lowest BCUT2D eigenvalue weighted by molar-refractivity contribution is -0.0690. The van der Waals surface area contributed by atoms with Crippen LogP contribution in [0.25, 0.3) is 11.2 Å². The van der Waals surface area contributed by atoms with Crippen molar-refractivity contribution in [2.75, 3.05) is 19.5 Å². The van der Waals surface area contributed by atoms with Crippen LogP contribution >= 0.6 is 31.2 Å². The van der Waals surface area contributed by atoms with Gasteiger partial charge in [0.05, 0.1) is 6.61 Å². The van der Waals surface area contributed by atoms with Gasteiger partial charge in [-0.05, 0) is 24.3 Å². The van der Waals surface area contributed by atoms with Gasteiger partial charge in [-0.3, -0.25) is 13.6 Å². The van der Waals surface area contributed by atoms with Crippen molar-refractivity contribution in [3.63, 3.8) is 0 Å². The summed E-state index contributed by atoms with van der Waals surface area (Å²) in [6.07, 6.45) is -1.60. The summed E-state index contributed by atoms with van der Waals surface area (Å²) in [7, 11) is -2.71. The molecule has 4 heterocycles. The van der Waals surface area contributed by atoms with E-state index in [4.69, 9.17) is 35.9 Å². The Morgan fingerprint density at radius 1 is 1.35 bits per heavy atom. The monoisotopic (exact) mass is 485 g/mol. The average molecular weight is 486 g/mol. The van der Waals surface area contributed by atoms with Gasteiger partial charge in [-0.25, -0.2) is 19.5 Å². The average Bonchev–Trinajstić information content (AvgIpc) is 3.26. The van der Waals surface area contributed by atoms with E-state index in [9.17, 15) is 9.46 Å². The first-order valence-electron chi connectivity index (χ1n) is 9.12. The number of benzene rings is 1. The molecule has 0 bridgehead atoms. The number of hydrogen-bond donors (Lipinski definition) is 2. The number of nitrogens with zero attached hydrogens (tertiary/aromatic N) is 4. The highest BCUT2D eigenvalue weighted by atomic mass is 35.5. The predicted octanol–water partition coefficient (Wildman–Crippen LogP) is 2.64. The van der Waals surface area contributed by atoms with Crippen molar-refractivity contribution in [2.24, 2.45) is 0 Å². The van der Waals surface area contributed by atoms with Crippen LogP contribution in [0.5, 0.6) is 0 Å². The molecule has 164 valence electrons. The van der Waals surface area contributed by atoms with E-state index in [-0.39, 0.29) is 12.4 Å². The Hall–Kier alpha value is -1.76. The van der Waals surface area contributed by atoms with Crippen molar-refractivity contribution >= 4 is 48.2 Å². The van der Waals surface area contributed by atoms with Gasteiger partial charge in [-0.15, -0.1) is 0 Å². The van der Waals surface area contributed by atoms with Gasteiger partial charge in [0, 0.05) is 17.0 Å². The number of methoxy groups -OCH3 is 1. The largest absolute Gasteiger partial charge is 0.472 e. The number of aromatic nitrogens is 4. The summed E-state index contributed by atoms with van der Waals surface area (Å²) in [6, 6.07) is 7.25. The third-order valence-corrected chi connectivity index (χ3v) is 7.18. The number of ether oxygens (including phenoxy) is 2. The number of halogens is 1. The molecule has 0 spiro atoms. The molecule has 14 heteroatoms. The lowest BCUT2D eigenvalue weighted by Gasteiger charge is -2.29. The Morgan fingerprint density at radius 2 is 2.13 bits per heavy atom. The Morgan fingerprint density at radius 3 is 2.87 bits per heavy atom. The molecular weight excluding hydrogens is 469 g/mol. The molecule has 2 fully saturated rings. The molecule has 1 unspecified atom stereocenters. The number of rotatable bonds is 4. The van der Waals surface area contributed by atoms with Gasteiger partial charge >= 0.3 is 7.82 Å². The summed E-state index contributed by atoms with van der Waals surface area (Å²) < 4.78 is 35.6. The molecule has 0 aliphatic carbocycles. The first kappa shape index (κ1) is 21.1. The molecule has 11 nitrogen and oxygen atoms in total. The highest BCUT2D eigenvalue weighted by Gasteiger charge is 2.54. The van der Waals surface area contributed by atoms with Gasteiger partial charge < -0.3 is 20.1 Å². The summed E-state index contributed by atoms with van der Waals surface area (Å²) in [5.74, 6) is 0.213. The lowest BCUT2D eigenvalue weighted by atomic mass is 10.1. The van der Waals surface area contributed by atoms with Crippen LogP contribution < -0.4 is 5.73 Å². The number of hydrogen-bond acceptors (Lipinski definition) is 10. The summed E-state index contributed by atoms with van der Waals surface area (Å²) in [4.78, 5) is 23.6. The minimum absolute atomic E-state index is 0.113. The van der Waals surface area contributed by atoms with Crippen molar-refractivity contribution in [1.82, 2.24) is 19.5 Å². The summed E-state index contributed by atoms with van der Waals surface area (Å²) in [6.45, 7) is -0.113. The molecule has 5 rings (SSSR count). The van der Waals surface area contributed by atoms with Crippen LogP contribution in [-0.2, 0) is 23.1 Å². The molecule has 2 saturated heterocycles. The fraction of sp³-hybridized carbons (Fsp3) is 0.353. The zero-order valence-electron chi connectivity index (χ0n) is 16.0. The third-order valence-electron chi connectivity index (χ3n) is 4.96. The zero-order valence-corrected chi connectivity index (χ0v) is 18.5. The SMILES string of the molecule is CO[C@@H]1[C@@H]2OP(=O)(O)OC[C@@H]2O[C@@H]1n1c(Sc2ccc(Cl)cc2)nc2c(N)ncnc21. The number of phosphoric ester groups is 1. The third kappa shape index (κ3) is 3.83. The highest BCUT2D eigenvalue weighted by Crippen LogP contribution is 2.53. The van der Waals surface area contributed by atoms with Crippen LogP contribution in [0.4, 0.5) is 5.82 Å². The molecule has 1 aromatic carbocycles. The molecular formula is C17H17ClN5O6PS. The Labute approximate surface area is 185 Å². The molecule has 2 aliphatic rings. The van der Waals surface area contributed by atoms with Gasteiger partial charge in [0.2, 0.25) is 0 Å². The van der Waals surface area contributed by atoms with E-state index in [0.29, 0.717) is 21.3 Å². The van der Waals surface area contributed by atoms with Crippen molar-refractivity contribution in [3.8, 4) is 0 Å². The quantitative estimate of drug-likeness (QED) is 0.526.